The maximum Gasteiger partial charge on any atom is 0.262 e. The van der Waals surface area contributed by atoms with Gasteiger partial charge in [0.15, 0.2) is 6.54 Å². The highest BCUT2D eigenvalue weighted by Gasteiger charge is 2.09. The predicted molar refractivity (Wildman–Crippen MR) is 88.5 cm³/mol. The van der Waals surface area contributed by atoms with Gasteiger partial charge in [-0.25, -0.2) is 9.13 Å². The van der Waals surface area contributed by atoms with Crippen LogP contribution in [0.25, 0.3) is 0 Å². The zero-order valence-electron chi connectivity index (χ0n) is 12.9. The van der Waals surface area contributed by atoms with Gasteiger partial charge in [0.2, 0.25) is 6.33 Å². The van der Waals surface area contributed by atoms with Crippen molar-refractivity contribution >= 4 is 5.91 Å². The second-order valence-corrected chi connectivity index (χ2v) is 5.51. The highest BCUT2D eigenvalue weighted by atomic mass is 16.1. The van der Waals surface area contributed by atoms with E-state index < -0.39 is 0 Å². The average molecular weight is 306 g/mol. The van der Waals surface area contributed by atoms with E-state index in [0.29, 0.717) is 13.1 Å². The number of amides is 1. The number of carbonyl (C=O) groups excluding carboxylic acids is 1. The standard InChI is InChI=1S/C19H19N3O/c23-19(20-13-17-7-3-1-4-8-17)15-22-12-11-21(16-22)14-18-9-5-2-6-10-18/h1-12,16H,13-15H2/p+1. The Morgan fingerprint density at radius 3 is 2.30 bits per heavy atom. The zero-order chi connectivity index (χ0) is 15.9. The number of imidazole rings is 1. The fourth-order valence-corrected chi connectivity index (χ4v) is 2.44. The van der Waals surface area contributed by atoms with E-state index in [1.807, 2.05) is 71.8 Å². The summed E-state index contributed by atoms with van der Waals surface area (Å²) in [6.45, 7) is 1.69. The highest BCUT2D eigenvalue weighted by molar-refractivity contribution is 5.75. The lowest BCUT2D eigenvalue weighted by Gasteiger charge is -2.03. The summed E-state index contributed by atoms with van der Waals surface area (Å²) in [6, 6.07) is 20.2. The Hall–Kier alpha value is -2.88. The van der Waals surface area contributed by atoms with Crippen molar-refractivity contribution in [3.8, 4) is 0 Å². The predicted octanol–water partition coefficient (Wildman–Crippen LogP) is 2.14. The smallest absolute Gasteiger partial charge is 0.262 e. The van der Waals surface area contributed by atoms with E-state index >= 15 is 0 Å². The van der Waals surface area contributed by atoms with Crippen LogP contribution < -0.4 is 9.88 Å². The molecule has 0 bridgehead atoms. The molecule has 1 amide bonds. The Balaban J connectivity index is 1.51. The Morgan fingerprint density at radius 2 is 1.61 bits per heavy atom. The lowest BCUT2D eigenvalue weighted by Crippen LogP contribution is -2.32. The molecule has 3 rings (SSSR count). The fourth-order valence-electron chi connectivity index (χ4n) is 2.44. The van der Waals surface area contributed by atoms with E-state index in [0.717, 1.165) is 12.1 Å². The van der Waals surface area contributed by atoms with E-state index in [-0.39, 0.29) is 5.91 Å². The van der Waals surface area contributed by atoms with E-state index in [1.165, 1.54) is 5.56 Å². The molecule has 0 saturated heterocycles. The van der Waals surface area contributed by atoms with Gasteiger partial charge in [0.1, 0.15) is 18.9 Å². The third-order valence-electron chi connectivity index (χ3n) is 3.61. The number of nitrogens with zero attached hydrogens (tertiary/aromatic N) is 2. The zero-order valence-corrected chi connectivity index (χ0v) is 12.9. The van der Waals surface area contributed by atoms with Crippen molar-refractivity contribution < 1.29 is 9.36 Å². The molecule has 23 heavy (non-hydrogen) atoms. The van der Waals surface area contributed by atoms with Crippen molar-refractivity contribution in [2.75, 3.05) is 0 Å². The van der Waals surface area contributed by atoms with Gasteiger partial charge in [-0.2, -0.15) is 0 Å². The van der Waals surface area contributed by atoms with Crippen molar-refractivity contribution in [3.63, 3.8) is 0 Å². The average Bonchev–Trinajstić information content (AvgIpc) is 3.02. The molecule has 0 aliphatic carbocycles. The first-order chi connectivity index (χ1) is 11.3. The van der Waals surface area contributed by atoms with Gasteiger partial charge < -0.3 is 5.32 Å². The van der Waals surface area contributed by atoms with Gasteiger partial charge in [-0.05, 0) is 11.1 Å². The number of carbonyl (C=O) groups is 1. The fraction of sp³-hybridized carbons (Fsp3) is 0.158. The summed E-state index contributed by atoms with van der Waals surface area (Å²) < 4.78 is 3.96. The van der Waals surface area contributed by atoms with Crippen LogP contribution in [0, 0.1) is 0 Å². The second-order valence-electron chi connectivity index (χ2n) is 5.51. The van der Waals surface area contributed by atoms with Crippen molar-refractivity contribution in [2.24, 2.45) is 0 Å². The summed E-state index contributed by atoms with van der Waals surface area (Å²) in [7, 11) is 0. The van der Waals surface area contributed by atoms with Crippen LogP contribution in [-0.2, 0) is 24.4 Å². The quantitative estimate of drug-likeness (QED) is 0.696. The van der Waals surface area contributed by atoms with E-state index in [1.54, 1.807) is 0 Å². The molecular formula is C19H20N3O+. The topological polar surface area (TPSA) is 37.9 Å². The molecule has 1 N–H and O–H groups in total. The minimum Gasteiger partial charge on any atom is -0.349 e. The van der Waals surface area contributed by atoms with Crippen LogP contribution in [0.4, 0.5) is 0 Å². The summed E-state index contributed by atoms with van der Waals surface area (Å²) in [5, 5.41) is 2.94. The van der Waals surface area contributed by atoms with Gasteiger partial charge >= 0.3 is 0 Å². The number of aromatic nitrogens is 2. The number of benzene rings is 2. The van der Waals surface area contributed by atoms with Crippen molar-refractivity contribution in [3.05, 3.63) is 90.5 Å². The molecule has 4 nitrogen and oxygen atoms in total. The molecule has 0 aliphatic heterocycles. The second kappa shape index (κ2) is 7.40. The Bertz CT molecular complexity index is 751. The third kappa shape index (κ3) is 4.54. The van der Waals surface area contributed by atoms with Crippen LogP contribution in [0.1, 0.15) is 11.1 Å². The molecule has 0 unspecified atom stereocenters. The first-order valence-electron chi connectivity index (χ1n) is 7.69. The molecule has 0 spiro atoms. The van der Waals surface area contributed by atoms with Crippen molar-refractivity contribution in [1.29, 1.82) is 0 Å². The molecule has 0 aliphatic rings. The van der Waals surface area contributed by atoms with Gasteiger partial charge in [0.05, 0.1) is 0 Å². The molecule has 0 fully saturated rings. The maximum atomic E-state index is 12.0. The minimum atomic E-state index is 0.0105. The molecule has 1 heterocycles. The largest absolute Gasteiger partial charge is 0.349 e. The molecule has 0 saturated carbocycles. The van der Waals surface area contributed by atoms with Gasteiger partial charge in [0.25, 0.3) is 5.91 Å². The molecule has 4 heteroatoms. The molecule has 1 aromatic heterocycles. The minimum absolute atomic E-state index is 0.0105. The summed E-state index contributed by atoms with van der Waals surface area (Å²) in [4.78, 5) is 12.0. The van der Waals surface area contributed by atoms with E-state index in [4.69, 9.17) is 0 Å². The highest BCUT2D eigenvalue weighted by Crippen LogP contribution is 1.99. The molecular weight excluding hydrogens is 286 g/mol. The van der Waals surface area contributed by atoms with Crippen LogP contribution in [-0.4, -0.2) is 10.5 Å². The number of nitrogens with one attached hydrogen (secondary N) is 1. The normalized spacial score (nSPS) is 10.4. The van der Waals surface area contributed by atoms with Gasteiger partial charge in [0, 0.05) is 6.54 Å². The van der Waals surface area contributed by atoms with Crippen LogP contribution in [0.15, 0.2) is 79.4 Å². The first-order valence-corrected chi connectivity index (χ1v) is 7.69. The summed E-state index contributed by atoms with van der Waals surface area (Å²) >= 11 is 0. The van der Waals surface area contributed by atoms with Gasteiger partial charge in [-0.15, -0.1) is 0 Å². The summed E-state index contributed by atoms with van der Waals surface area (Å²) in [6.07, 6.45) is 5.86. The number of rotatable bonds is 6. The van der Waals surface area contributed by atoms with Crippen LogP contribution >= 0.6 is 0 Å². The van der Waals surface area contributed by atoms with E-state index in [9.17, 15) is 4.79 Å². The van der Waals surface area contributed by atoms with Crippen LogP contribution in [0.3, 0.4) is 0 Å². The SMILES string of the molecule is O=C(Cn1cc[n+](Cc2ccccc2)c1)NCc1ccccc1. The number of hydrogen-bond donors (Lipinski definition) is 1. The van der Waals surface area contributed by atoms with Crippen molar-refractivity contribution in [1.82, 2.24) is 9.88 Å². The molecule has 116 valence electrons. The van der Waals surface area contributed by atoms with Crippen molar-refractivity contribution in [2.45, 2.75) is 19.6 Å². The lowest BCUT2D eigenvalue weighted by molar-refractivity contribution is -0.687. The molecule has 2 aromatic carbocycles. The van der Waals surface area contributed by atoms with E-state index in [2.05, 4.69) is 22.0 Å². The monoisotopic (exact) mass is 306 g/mol. The van der Waals surface area contributed by atoms with Gasteiger partial charge in [-0.1, -0.05) is 60.7 Å². The Kier molecular flexibility index (Phi) is 4.84. The van der Waals surface area contributed by atoms with Gasteiger partial charge in [-0.3, -0.25) is 4.79 Å². The maximum absolute atomic E-state index is 12.0. The first kappa shape index (κ1) is 15.0. The summed E-state index contributed by atoms with van der Waals surface area (Å²) in [5.41, 5.74) is 2.34. The van der Waals surface area contributed by atoms with Crippen LogP contribution in [0.5, 0.6) is 0 Å². The molecule has 0 atom stereocenters. The third-order valence-corrected chi connectivity index (χ3v) is 3.61. The number of hydrogen-bond acceptors (Lipinski definition) is 1. The lowest BCUT2D eigenvalue weighted by atomic mass is 10.2. The Morgan fingerprint density at radius 1 is 0.957 bits per heavy atom. The molecule has 3 aromatic rings. The Labute approximate surface area is 136 Å². The molecule has 0 radical (unpaired) electrons. The summed E-state index contributed by atoms with van der Waals surface area (Å²) in [5.74, 6) is 0.0105. The van der Waals surface area contributed by atoms with Crippen LogP contribution in [0.2, 0.25) is 0 Å².